The van der Waals surface area contributed by atoms with Crippen LogP contribution in [0.3, 0.4) is 0 Å². The number of carbonyl (C=O) groups excluding carboxylic acids is 4. The Balaban J connectivity index is 1.44. The Hall–Kier alpha value is -2.28. The van der Waals surface area contributed by atoms with Crippen molar-refractivity contribution in [1.29, 1.82) is 0 Å². The van der Waals surface area contributed by atoms with E-state index in [4.69, 9.17) is 201 Å². The fourth-order valence-electron chi connectivity index (χ4n) is 7.02. The van der Waals surface area contributed by atoms with Gasteiger partial charge >= 0.3 is 24.6 Å². The Kier molecular flexibility index (Phi) is 19.1. The van der Waals surface area contributed by atoms with Crippen LogP contribution in [0.15, 0.2) is 53.8 Å². The summed E-state index contributed by atoms with van der Waals surface area (Å²) >= 11 is 69.2. The molecule has 1 saturated heterocycles. The van der Waals surface area contributed by atoms with E-state index in [0.29, 0.717) is 16.9 Å². The number of pyridine rings is 2. The maximum atomic E-state index is 14.4. The molecule has 384 valence electrons. The highest BCUT2D eigenvalue weighted by Gasteiger charge is 2.56. The van der Waals surface area contributed by atoms with Crippen LogP contribution in [0.1, 0.15) is 28.9 Å². The molecule has 0 amide bonds. The molecule has 1 aromatic carbocycles. The molecule has 6 rings (SSSR count). The second-order valence-corrected chi connectivity index (χ2v) is 24.7. The van der Waals surface area contributed by atoms with Crippen LogP contribution in [-0.4, -0.2) is 126 Å². The van der Waals surface area contributed by atoms with Crippen LogP contribution >= 0.6 is 139 Å². The molecule has 0 radical (unpaired) electrons. The molecule has 31 heteroatoms. The van der Waals surface area contributed by atoms with Gasteiger partial charge in [-0.1, -0.05) is 163 Å². The molecule has 3 aliphatic rings. The molecular weight excluding hydrogens is 1190 g/mol. The van der Waals surface area contributed by atoms with E-state index in [-0.39, 0.29) is 17.7 Å². The van der Waals surface area contributed by atoms with Crippen LogP contribution in [0.4, 0.5) is 19.2 Å². The zero-order valence-electron chi connectivity index (χ0n) is 35.0. The van der Waals surface area contributed by atoms with Gasteiger partial charge in [-0.3, -0.25) is 4.79 Å². The van der Waals surface area contributed by atoms with E-state index in [1.807, 2.05) is 30.3 Å². The predicted molar refractivity (Wildman–Crippen MR) is 255 cm³/mol. The molecule has 0 saturated carbocycles. The third kappa shape index (κ3) is 15.4. The van der Waals surface area contributed by atoms with E-state index in [0.717, 1.165) is 10.9 Å². The number of rotatable bonds is 13. The lowest BCUT2D eigenvalue weighted by molar-refractivity contribution is -0.358. The number of ether oxygens (including phenoxy) is 12. The Morgan fingerprint density at radius 3 is 1.79 bits per heavy atom. The average Bonchev–Trinajstić information content (AvgIpc) is 3.62. The van der Waals surface area contributed by atoms with Crippen molar-refractivity contribution in [1.82, 2.24) is 9.55 Å². The van der Waals surface area contributed by atoms with E-state index in [1.165, 1.54) is 17.8 Å². The normalized spacial score (nSPS) is 23.2. The molecule has 0 bridgehead atoms. The molecule has 3 aromatic rings. The van der Waals surface area contributed by atoms with Crippen LogP contribution in [0, 0.1) is 0 Å². The third-order valence-corrected chi connectivity index (χ3v) is 11.0. The quantitative estimate of drug-likeness (QED) is 0.0527. The van der Waals surface area contributed by atoms with E-state index >= 15 is 0 Å². The first kappa shape index (κ1) is 57.0. The number of para-hydroxylation sites is 1. The van der Waals surface area contributed by atoms with Crippen LogP contribution in [0.25, 0.3) is 22.3 Å². The van der Waals surface area contributed by atoms with Crippen LogP contribution in [0.5, 0.6) is 0 Å². The highest BCUT2D eigenvalue weighted by atomic mass is 35.6. The SMILES string of the molecule is C=C[C@@H]1c2cc3n(c(=O)c2[C@@H](OC)O[C@H]1O[C@@H]1O[C@H](COC(=O)OCC(Cl)(Cl)Cl)[C@@H](OC(=O)OCC(Cl)(Cl)Cl)[C@H](OC(=O)OCC(Cl)(Cl)Cl)[C@H]1OC(=O)OCC(Cl)(Cl)Cl)Cc1cc2ccccc2nc1-3. The summed E-state index contributed by atoms with van der Waals surface area (Å²) in [7, 11) is 1.25. The van der Waals surface area contributed by atoms with Crippen molar-refractivity contribution in [2.24, 2.45) is 0 Å². The predicted octanol–water partition coefficient (Wildman–Crippen LogP) is 10.6. The van der Waals surface area contributed by atoms with Gasteiger partial charge in [0.15, 0.2) is 30.9 Å². The van der Waals surface area contributed by atoms with Crippen molar-refractivity contribution in [3.05, 3.63) is 76.1 Å². The summed E-state index contributed by atoms with van der Waals surface area (Å²) in [5.41, 5.74) is 2.21. The summed E-state index contributed by atoms with van der Waals surface area (Å²) in [6, 6.07) is 11.0. The first-order valence-corrected chi connectivity index (χ1v) is 24.0. The Labute approximate surface area is 455 Å². The number of carbonyl (C=O) groups is 4. The van der Waals surface area contributed by atoms with Gasteiger partial charge < -0.3 is 61.4 Å². The second kappa shape index (κ2) is 23.5. The second-order valence-electron chi connectivity index (χ2n) is 14.7. The number of hydrogen-bond donors (Lipinski definition) is 0. The van der Waals surface area contributed by atoms with Crippen molar-refractivity contribution >= 4 is 175 Å². The van der Waals surface area contributed by atoms with Gasteiger partial charge in [0.05, 0.1) is 34.9 Å². The van der Waals surface area contributed by atoms with Gasteiger partial charge in [0, 0.05) is 18.1 Å². The number of halogens is 12. The summed E-state index contributed by atoms with van der Waals surface area (Å²) in [4.78, 5) is 72.1. The van der Waals surface area contributed by atoms with Gasteiger partial charge in [0.1, 0.15) is 39.1 Å². The first-order valence-electron chi connectivity index (χ1n) is 19.5. The molecule has 19 nitrogen and oxygen atoms in total. The molecular formula is C39H32Cl12N2O17. The van der Waals surface area contributed by atoms with Gasteiger partial charge in [-0.2, -0.15) is 0 Å². The molecule has 3 aliphatic heterocycles. The minimum Gasteiger partial charge on any atom is -0.431 e. The number of benzene rings is 1. The number of methoxy groups -OCH3 is 1. The van der Waals surface area contributed by atoms with Gasteiger partial charge in [0.25, 0.3) is 5.56 Å². The van der Waals surface area contributed by atoms with Crippen molar-refractivity contribution in [3.63, 3.8) is 0 Å². The van der Waals surface area contributed by atoms with Crippen LogP contribution in [-0.2, 0) is 63.4 Å². The fourth-order valence-corrected chi connectivity index (χ4v) is 7.67. The Morgan fingerprint density at radius 1 is 0.714 bits per heavy atom. The van der Waals surface area contributed by atoms with Crippen LogP contribution < -0.4 is 5.56 Å². The maximum Gasteiger partial charge on any atom is 0.509 e. The Morgan fingerprint density at radius 2 is 1.24 bits per heavy atom. The number of alkyl halides is 12. The maximum absolute atomic E-state index is 14.4. The molecule has 8 atom stereocenters. The van der Waals surface area contributed by atoms with Gasteiger partial charge in [0.2, 0.25) is 21.5 Å². The summed E-state index contributed by atoms with van der Waals surface area (Å²) in [5.74, 6) is -1.11. The highest BCUT2D eigenvalue weighted by molar-refractivity contribution is 6.69. The van der Waals surface area contributed by atoms with Gasteiger partial charge in [-0.25, -0.2) is 24.2 Å². The topological polar surface area (TPSA) is 214 Å². The molecule has 0 spiro atoms. The van der Waals surface area contributed by atoms with Crippen molar-refractivity contribution < 1.29 is 76.0 Å². The van der Waals surface area contributed by atoms with E-state index < -0.39 is 128 Å². The lowest BCUT2D eigenvalue weighted by atomic mass is 9.90. The number of fused-ring (bicyclic) bond motifs is 5. The lowest BCUT2D eigenvalue weighted by Crippen LogP contribution is -2.64. The summed E-state index contributed by atoms with van der Waals surface area (Å²) < 4.78 is 58.8. The lowest BCUT2D eigenvalue weighted by Gasteiger charge is -2.45. The van der Waals surface area contributed by atoms with Gasteiger partial charge in [-0.05, 0) is 23.8 Å². The minimum absolute atomic E-state index is 0.0559. The van der Waals surface area contributed by atoms with Crippen LogP contribution in [0.2, 0.25) is 0 Å². The molecule has 0 aliphatic carbocycles. The first-order chi connectivity index (χ1) is 32.6. The summed E-state index contributed by atoms with van der Waals surface area (Å²) in [6.07, 6.45) is -18.8. The molecule has 0 N–H and O–H groups in total. The third-order valence-electron chi connectivity index (χ3n) is 9.69. The van der Waals surface area contributed by atoms with E-state index in [1.54, 1.807) is 6.07 Å². The van der Waals surface area contributed by atoms with Crippen molar-refractivity contribution in [3.8, 4) is 11.4 Å². The standard InChI is InChI=1S/C39H32Cl12N2O17/c1-3-18-19-9-21-24-17(8-16-6-4-5-7-20(16)52-24)10-53(21)28(54)23(19)30(59-2)69-29(18)70-31-27(68-35(58)64-15-39(49,50)51)26(67-34(57)63-14-38(46,47)48)25(66-33(56)62-13-37(43,44)45)22(65-31)11-60-32(55)61-12-36(40,41)42/h3-9,18,22,25-27,29-31H,1,10-15H2,2H3/t18-,22-,25-,26+,27-,29+,30+,31+/m1/s1. The number of nitrogens with zero attached hydrogens (tertiary/aromatic N) is 2. The molecule has 0 unspecified atom stereocenters. The summed E-state index contributed by atoms with van der Waals surface area (Å²) in [5, 5.41) is 0.847. The summed E-state index contributed by atoms with van der Waals surface area (Å²) in [6.45, 7) is -0.507. The van der Waals surface area contributed by atoms with Gasteiger partial charge in [-0.15, -0.1) is 6.58 Å². The zero-order chi connectivity index (χ0) is 51.5. The monoisotopic (exact) mass is 1220 g/mol. The highest BCUT2D eigenvalue weighted by Crippen LogP contribution is 2.44. The Bertz CT molecular complexity index is 2500. The van der Waals surface area contributed by atoms with E-state index in [9.17, 15) is 24.0 Å². The van der Waals surface area contributed by atoms with Crippen molar-refractivity contribution in [2.45, 2.75) is 70.9 Å². The number of aromatic nitrogens is 2. The van der Waals surface area contributed by atoms with E-state index in [2.05, 4.69) is 6.58 Å². The van der Waals surface area contributed by atoms with Crippen molar-refractivity contribution in [2.75, 3.05) is 40.1 Å². The molecule has 5 heterocycles. The minimum atomic E-state index is -2.23. The fraction of sp³-hybridized carbons (Fsp3) is 0.487. The molecule has 1 fully saturated rings. The largest absolute Gasteiger partial charge is 0.509 e. The number of hydrogen-bond acceptors (Lipinski definition) is 18. The smallest absolute Gasteiger partial charge is 0.431 e. The average molecular weight is 1230 g/mol. The molecule has 70 heavy (non-hydrogen) atoms. The zero-order valence-corrected chi connectivity index (χ0v) is 44.1. The molecule has 2 aromatic heterocycles.